The third-order valence-electron chi connectivity index (χ3n) is 9.98. The molecule has 2 fully saturated rings. The van der Waals surface area contributed by atoms with E-state index in [1.54, 1.807) is 38.3 Å². The molecular weight excluding hydrogens is 676 g/mol. The second-order valence-corrected chi connectivity index (χ2v) is 15.1. The number of fused-ring (bicyclic) bond motifs is 17. The molecule has 5 atom stereocenters. The number of nitrogens with one attached hydrogen (secondary N) is 5. The van der Waals surface area contributed by atoms with Crippen LogP contribution >= 0.6 is 0 Å². The molecule has 13 heteroatoms. The summed E-state index contributed by atoms with van der Waals surface area (Å²) in [5, 5.41) is 15.0. The first-order valence-electron chi connectivity index (χ1n) is 19.0. The van der Waals surface area contributed by atoms with Crippen LogP contribution in [0.5, 0.6) is 11.5 Å². The van der Waals surface area contributed by atoms with Crippen molar-refractivity contribution in [2.75, 3.05) is 33.4 Å². The SMILES string of the molecule is COc1ccc(C[C@@H]2NC(=O)[C@@H](NC(=O)[C@@H]3CCCCN3)Cc3ccc(cc3)OC[C@H](CC(C)C)NC(=O)CN(CC3CC3)C(=O)[C@@H](C)NC2=O)cc1. The highest BCUT2D eigenvalue weighted by Gasteiger charge is 2.34. The highest BCUT2D eigenvalue weighted by molar-refractivity contribution is 5.95. The smallest absolute Gasteiger partial charge is 0.245 e. The van der Waals surface area contributed by atoms with Crippen molar-refractivity contribution in [3.05, 3.63) is 59.7 Å². The van der Waals surface area contributed by atoms with Gasteiger partial charge < -0.3 is 41.0 Å². The lowest BCUT2D eigenvalue weighted by Crippen LogP contribution is -2.59. The minimum atomic E-state index is -1.09. The number of hydrogen-bond donors (Lipinski definition) is 5. The molecule has 1 saturated heterocycles. The van der Waals surface area contributed by atoms with Crippen molar-refractivity contribution in [2.24, 2.45) is 11.8 Å². The Labute approximate surface area is 312 Å². The number of carbonyl (C=O) groups is 5. The van der Waals surface area contributed by atoms with E-state index >= 15 is 0 Å². The summed E-state index contributed by atoms with van der Waals surface area (Å²) in [7, 11) is 1.56. The van der Waals surface area contributed by atoms with Crippen molar-refractivity contribution in [1.29, 1.82) is 0 Å². The standard InChI is InChI=1S/C40H56N6O7/c1-25(2)19-30-24-53-32-16-12-28(13-17-32)21-35(44-37(48)33-7-5-6-18-41-33)39(50)45-34(20-27-10-14-31(52-4)15-11-27)38(49)42-26(3)40(51)46(22-29-8-9-29)23-36(47)43-30/h10-17,25-26,29-30,33-35,41H,5-9,18-24H2,1-4H3,(H,42,49)(H,43,47)(H,44,48)(H,45,50)/t26-,30+,33+,34+,35+/m1/s1. The summed E-state index contributed by atoms with van der Waals surface area (Å²) >= 11 is 0. The van der Waals surface area contributed by atoms with Gasteiger partial charge in [0, 0.05) is 19.4 Å². The number of rotatable bonds is 9. The Hall–Kier alpha value is -4.65. The van der Waals surface area contributed by atoms with Crippen LogP contribution < -0.4 is 36.1 Å². The van der Waals surface area contributed by atoms with Crippen LogP contribution in [0.2, 0.25) is 0 Å². The third kappa shape index (κ3) is 12.2. The predicted molar refractivity (Wildman–Crippen MR) is 200 cm³/mol. The molecule has 6 rings (SSSR count). The van der Waals surface area contributed by atoms with Gasteiger partial charge in [0.15, 0.2) is 0 Å². The van der Waals surface area contributed by atoms with Gasteiger partial charge in [0.05, 0.1) is 25.7 Å². The molecule has 3 aliphatic heterocycles. The Kier molecular flexibility index (Phi) is 14.1. The van der Waals surface area contributed by atoms with Gasteiger partial charge in [-0.15, -0.1) is 0 Å². The normalized spacial score (nSPS) is 25.2. The largest absolute Gasteiger partial charge is 0.497 e. The van der Waals surface area contributed by atoms with E-state index in [0.717, 1.165) is 43.4 Å². The average Bonchev–Trinajstić information content (AvgIpc) is 3.97. The maximum Gasteiger partial charge on any atom is 0.245 e. The van der Waals surface area contributed by atoms with E-state index in [1.807, 2.05) is 24.3 Å². The molecule has 1 saturated carbocycles. The fourth-order valence-corrected chi connectivity index (χ4v) is 6.87. The van der Waals surface area contributed by atoms with Gasteiger partial charge in [-0.1, -0.05) is 44.5 Å². The van der Waals surface area contributed by atoms with Gasteiger partial charge in [-0.25, -0.2) is 0 Å². The van der Waals surface area contributed by atoms with Crippen LogP contribution in [0.25, 0.3) is 0 Å². The molecule has 5 amide bonds. The molecule has 2 bridgehead atoms. The maximum absolute atomic E-state index is 14.2. The summed E-state index contributed by atoms with van der Waals surface area (Å²) in [4.78, 5) is 70.4. The highest BCUT2D eigenvalue weighted by atomic mass is 16.5. The fraction of sp³-hybridized carbons (Fsp3) is 0.575. The molecule has 13 nitrogen and oxygen atoms in total. The van der Waals surface area contributed by atoms with Crippen LogP contribution in [-0.4, -0.2) is 98.0 Å². The molecule has 0 aromatic heterocycles. The average molecular weight is 733 g/mol. The topological polar surface area (TPSA) is 167 Å². The number of carbonyl (C=O) groups excluding carboxylic acids is 5. The molecule has 5 N–H and O–H groups in total. The van der Waals surface area contributed by atoms with Gasteiger partial charge in [-0.3, -0.25) is 24.0 Å². The quantitative estimate of drug-likeness (QED) is 0.245. The second-order valence-electron chi connectivity index (χ2n) is 15.1. The summed E-state index contributed by atoms with van der Waals surface area (Å²) in [5.41, 5.74) is 1.53. The van der Waals surface area contributed by atoms with Gasteiger partial charge in [-0.05, 0) is 92.8 Å². The number of methoxy groups -OCH3 is 1. The first-order chi connectivity index (χ1) is 25.5. The van der Waals surface area contributed by atoms with Gasteiger partial charge in [0.1, 0.15) is 36.2 Å². The Balaban J connectivity index is 1.45. The Morgan fingerprint density at radius 1 is 0.943 bits per heavy atom. The van der Waals surface area contributed by atoms with Crippen molar-refractivity contribution < 1.29 is 33.4 Å². The maximum atomic E-state index is 14.2. The van der Waals surface area contributed by atoms with E-state index in [4.69, 9.17) is 9.47 Å². The van der Waals surface area contributed by atoms with Crippen molar-refractivity contribution in [1.82, 2.24) is 31.5 Å². The van der Waals surface area contributed by atoms with E-state index in [0.29, 0.717) is 36.8 Å². The Bertz CT molecular complexity index is 1560. The Morgan fingerprint density at radius 3 is 2.32 bits per heavy atom. The summed E-state index contributed by atoms with van der Waals surface area (Å²) in [6, 6.07) is 10.7. The number of piperidine rings is 1. The fourth-order valence-electron chi connectivity index (χ4n) is 6.87. The zero-order valence-electron chi connectivity index (χ0n) is 31.5. The highest BCUT2D eigenvalue weighted by Crippen LogP contribution is 2.30. The molecule has 3 heterocycles. The van der Waals surface area contributed by atoms with E-state index in [1.165, 1.54) is 4.90 Å². The summed E-state index contributed by atoms with van der Waals surface area (Å²) < 4.78 is 11.4. The lowest BCUT2D eigenvalue weighted by molar-refractivity contribution is -0.140. The van der Waals surface area contributed by atoms with Crippen molar-refractivity contribution >= 4 is 29.5 Å². The lowest BCUT2D eigenvalue weighted by Gasteiger charge is -2.29. The minimum Gasteiger partial charge on any atom is -0.497 e. The molecule has 1 aliphatic carbocycles. The van der Waals surface area contributed by atoms with Gasteiger partial charge in [0.25, 0.3) is 0 Å². The molecular formula is C40H56N6O7. The molecule has 2 aromatic rings. The van der Waals surface area contributed by atoms with Crippen LogP contribution in [0, 0.1) is 11.8 Å². The minimum absolute atomic E-state index is 0.116. The van der Waals surface area contributed by atoms with Crippen molar-refractivity contribution in [3.8, 4) is 11.5 Å². The van der Waals surface area contributed by atoms with Crippen molar-refractivity contribution in [2.45, 2.75) is 102 Å². The van der Waals surface area contributed by atoms with E-state index in [9.17, 15) is 24.0 Å². The predicted octanol–water partition coefficient (Wildman–Crippen LogP) is 2.26. The first-order valence-corrected chi connectivity index (χ1v) is 19.0. The van der Waals surface area contributed by atoms with E-state index in [-0.39, 0.29) is 55.7 Å². The van der Waals surface area contributed by atoms with Crippen LogP contribution in [0.1, 0.15) is 70.4 Å². The lowest BCUT2D eigenvalue weighted by atomic mass is 10.0. The van der Waals surface area contributed by atoms with Crippen molar-refractivity contribution in [3.63, 3.8) is 0 Å². The number of nitrogens with zero attached hydrogens (tertiary/aromatic N) is 1. The van der Waals surface area contributed by atoms with Gasteiger partial charge in [-0.2, -0.15) is 0 Å². The van der Waals surface area contributed by atoms with Gasteiger partial charge >= 0.3 is 0 Å². The molecule has 2 aromatic carbocycles. The number of ether oxygens (including phenoxy) is 2. The van der Waals surface area contributed by atoms with E-state index in [2.05, 4.69) is 40.4 Å². The second kappa shape index (κ2) is 18.9. The summed E-state index contributed by atoms with van der Waals surface area (Å²) in [6.07, 6.45) is 5.45. The zero-order chi connectivity index (χ0) is 37.9. The van der Waals surface area contributed by atoms with Crippen LogP contribution in [0.15, 0.2) is 48.5 Å². The number of hydrogen-bond acceptors (Lipinski definition) is 8. The van der Waals surface area contributed by atoms with Crippen LogP contribution in [-0.2, 0) is 36.8 Å². The zero-order valence-corrected chi connectivity index (χ0v) is 31.5. The molecule has 0 unspecified atom stereocenters. The first kappa shape index (κ1) is 39.6. The summed E-state index contributed by atoms with van der Waals surface area (Å²) in [5.74, 6) is -0.216. The molecule has 53 heavy (non-hydrogen) atoms. The Morgan fingerprint density at radius 2 is 1.68 bits per heavy atom. The molecule has 4 aliphatic rings. The molecule has 0 spiro atoms. The molecule has 0 radical (unpaired) electrons. The monoisotopic (exact) mass is 732 g/mol. The number of amides is 5. The molecule has 288 valence electrons. The van der Waals surface area contributed by atoms with Crippen LogP contribution in [0.4, 0.5) is 0 Å². The van der Waals surface area contributed by atoms with E-state index < -0.39 is 36.0 Å². The summed E-state index contributed by atoms with van der Waals surface area (Å²) in [6.45, 7) is 6.95. The third-order valence-corrected chi connectivity index (χ3v) is 9.98. The van der Waals surface area contributed by atoms with Crippen LogP contribution in [0.3, 0.4) is 0 Å². The van der Waals surface area contributed by atoms with Gasteiger partial charge in [0.2, 0.25) is 29.5 Å². The number of benzene rings is 2.